The standard InChI is InChI=1S/C41H50N2O7S/c1-26-16-18-34-32(22-26)40(4,5)36(42(34)20-12-8-10-14-27(2)44)24-30-38(46)31(39(30)47)25-37-41(6,7)33-23-29(51(48,49)50)17-19-35(33)43(37)21-13-9-11-15-28(3)45/h16-19,22-25H,8-15,20-21H2,1-7H3,(H-,46,47,48,49,50)/p+1. The highest BCUT2D eigenvalue weighted by molar-refractivity contribution is 7.85. The molecule has 0 spiro atoms. The van der Waals surface area contributed by atoms with Crippen molar-refractivity contribution in [3.63, 3.8) is 0 Å². The molecule has 0 aromatic heterocycles. The Bertz CT molecular complexity index is 2030. The molecule has 0 bridgehead atoms. The van der Waals surface area contributed by atoms with Crippen LogP contribution in [0.5, 0.6) is 0 Å². The fourth-order valence-electron chi connectivity index (χ4n) is 7.63. The normalized spacial score (nSPS) is 19.2. The molecule has 0 atom stereocenters. The lowest BCUT2D eigenvalue weighted by Crippen LogP contribution is -2.32. The first-order chi connectivity index (χ1) is 23.9. The average Bonchev–Trinajstić information content (AvgIpc) is 3.38. The summed E-state index contributed by atoms with van der Waals surface area (Å²) in [4.78, 5) is 38.9. The average molecular weight is 716 g/mol. The summed E-state index contributed by atoms with van der Waals surface area (Å²) >= 11 is 0. The summed E-state index contributed by atoms with van der Waals surface area (Å²) in [6, 6.07) is 10.9. The fraction of sp³-hybridized carbons (Fsp3) is 0.463. The Hall–Kier alpha value is -4.15. The summed E-state index contributed by atoms with van der Waals surface area (Å²) in [5, 5.41) is 11.5. The number of carbonyl (C=O) groups is 3. The number of nitrogens with zero attached hydrogens (tertiary/aromatic N) is 2. The van der Waals surface area contributed by atoms with Crippen LogP contribution in [0, 0.1) is 6.92 Å². The third kappa shape index (κ3) is 7.58. The van der Waals surface area contributed by atoms with Crippen molar-refractivity contribution in [1.82, 2.24) is 0 Å². The molecule has 0 saturated carbocycles. The summed E-state index contributed by atoms with van der Waals surface area (Å²) in [5.41, 5.74) is 5.73. The number of aryl methyl sites for hydroxylation is 1. The Balaban J connectivity index is 1.52. The molecule has 0 amide bonds. The summed E-state index contributed by atoms with van der Waals surface area (Å²) in [5.74, 6) is -0.0337. The summed E-state index contributed by atoms with van der Waals surface area (Å²) in [7, 11) is -4.44. The second kappa shape index (κ2) is 14.5. The van der Waals surface area contributed by atoms with Gasteiger partial charge in [0.2, 0.25) is 11.5 Å². The lowest BCUT2D eigenvalue weighted by atomic mass is 9.77. The van der Waals surface area contributed by atoms with Crippen LogP contribution in [-0.4, -0.2) is 58.8 Å². The minimum Gasteiger partial charge on any atom is -0.506 e. The van der Waals surface area contributed by atoms with Gasteiger partial charge in [0.15, 0.2) is 5.71 Å². The largest absolute Gasteiger partial charge is 0.506 e. The number of aliphatic hydroxyl groups excluding tert-OH is 1. The maximum Gasteiger partial charge on any atom is 0.294 e. The van der Waals surface area contributed by atoms with E-state index >= 15 is 0 Å². The Morgan fingerprint density at radius 3 is 2.10 bits per heavy atom. The third-order valence-electron chi connectivity index (χ3n) is 10.6. The van der Waals surface area contributed by atoms with Crippen molar-refractivity contribution in [2.45, 2.75) is 116 Å². The van der Waals surface area contributed by atoms with Gasteiger partial charge in [0.05, 0.1) is 21.5 Å². The number of hydrogen-bond donors (Lipinski definition) is 2. The number of benzene rings is 2. The van der Waals surface area contributed by atoms with E-state index in [0.29, 0.717) is 31.5 Å². The molecule has 0 radical (unpaired) electrons. The number of allylic oxidation sites excluding steroid dienone is 5. The van der Waals surface area contributed by atoms with Gasteiger partial charge in [0, 0.05) is 60.3 Å². The first-order valence-corrected chi connectivity index (χ1v) is 19.4. The van der Waals surface area contributed by atoms with Gasteiger partial charge in [-0.1, -0.05) is 38.0 Å². The Kier molecular flexibility index (Phi) is 10.8. The minimum absolute atomic E-state index is 0.0869. The van der Waals surface area contributed by atoms with Gasteiger partial charge in [-0.15, -0.1) is 0 Å². The van der Waals surface area contributed by atoms with Gasteiger partial charge >= 0.3 is 0 Å². The van der Waals surface area contributed by atoms with Crippen LogP contribution in [0.2, 0.25) is 0 Å². The number of aliphatic hydroxyl groups is 1. The lowest BCUT2D eigenvalue weighted by Gasteiger charge is -2.29. The van der Waals surface area contributed by atoms with E-state index in [2.05, 4.69) is 43.9 Å². The van der Waals surface area contributed by atoms with Gasteiger partial charge in [-0.2, -0.15) is 13.0 Å². The van der Waals surface area contributed by atoms with Gasteiger partial charge in [-0.3, -0.25) is 9.35 Å². The molecule has 2 heterocycles. The van der Waals surface area contributed by atoms with Crippen LogP contribution in [0.25, 0.3) is 0 Å². The molecule has 0 unspecified atom stereocenters. The molecule has 1 aliphatic carbocycles. The maximum atomic E-state index is 13.9. The Morgan fingerprint density at radius 1 is 0.843 bits per heavy atom. The predicted octanol–water partition coefficient (Wildman–Crippen LogP) is 7.92. The highest BCUT2D eigenvalue weighted by Crippen LogP contribution is 2.50. The summed E-state index contributed by atoms with van der Waals surface area (Å²) < 4.78 is 36.0. The lowest BCUT2D eigenvalue weighted by molar-refractivity contribution is -0.438. The summed E-state index contributed by atoms with van der Waals surface area (Å²) in [6.07, 6.45) is 9.53. The predicted molar refractivity (Wildman–Crippen MR) is 200 cm³/mol. The molecule has 272 valence electrons. The molecule has 3 aliphatic rings. The highest BCUT2D eigenvalue weighted by Gasteiger charge is 2.47. The van der Waals surface area contributed by atoms with E-state index in [0.717, 1.165) is 72.4 Å². The molecule has 0 fully saturated rings. The van der Waals surface area contributed by atoms with Crippen molar-refractivity contribution >= 4 is 44.6 Å². The third-order valence-corrected chi connectivity index (χ3v) is 11.4. The SMILES string of the molecule is CC(=O)CCCCCN1C(=CC2=C(O)C(=CC3=[N+](CCCCCC(C)=O)c4ccc(S(=O)(=O)O)cc4C3(C)C)C2=O)C(C)(C)c2cc(C)ccc21. The van der Waals surface area contributed by atoms with Crippen molar-refractivity contribution in [3.05, 3.63) is 87.8 Å². The number of carbonyl (C=O) groups excluding carboxylic acids is 3. The van der Waals surface area contributed by atoms with Crippen molar-refractivity contribution < 1.29 is 37.0 Å². The quantitative estimate of drug-likeness (QED) is 0.0823. The van der Waals surface area contributed by atoms with Crippen molar-refractivity contribution in [2.75, 3.05) is 18.0 Å². The molecule has 2 aromatic carbocycles. The molecule has 51 heavy (non-hydrogen) atoms. The Morgan fingerprint density at radius 2 is 1.49 bits per heavy atom. The second-order valence-corrected chi connectivity index (χ2v) is 16.7. The van der Waals surface area contributed by atoms with Gasteiger partial charge < -0.3 is 19.6 Å². The molecule has 9 nitrogen and oxygen atoms in total. The van der Waals surface area contributed by atoms with E-state index in [9.17, 15) is 32.5 Å². The van der Waals surface area contributed by atoms with Crippen LogP contribution < -0.4 is 4.90 Å². The number of fused-ring (bicyclic) bond motifs is 2. The molecule has 2 N–H and O–H groups in total. The molecule has 2 aliphatic heterocycles. The first-order valence-electron chi connectivity index (χ1n) is 17.9. The molecule has 10 heteroatoms. The number of anilines is 1. The molecular formula is C41H51N2O7S+. The highest BCUT2D eigenvalue weighted by atomic mass is 32.2. The van der Waals surface area contributed by atoms with E-state index in [-0.39, 0.29) is 39.2 Å². The van der Waals surface area contributed by atoms with Gasteiger partial charge in [-0.25, -0.2) is 0 Å². The van der Waals surface area contributed by atoms with E-state index in [1.54, 1.807) is 26.0 Å². The van der Waals surface area contributed by atoms with E-state index in [1.165, 1.54) is 12.1 Å². The van der Waals surface area contributed by atoms with Crippen LogP contribution >= 0.6 is 0 Å². The zero-order valence-electron chi connectivity index (χ0n) is 30.9. The van der Waals surface area contributed by atoms with Crippen LogP contribution in [-0.2, 0) is 35.3 Å². The number of Topliss-reactive ketones (excluding diaryl/α,β-unsaturated/α-hetero) is 3. The zero-order valence-corrected chi connectivity index (χ0v) is 31.7. The van der Waals surface area contributed by atoms with Crippen LogP contribution in [0.15, 0.2) is 76.0 Å². The molecule has 5 rings (SSSR count). The number of unbranched alkanes of at least 4 members (excludes halogenated alkanes) is 4. The number of hydrogen-bond acceptors (Lipinski definition) is 7. The van der Waals surface area contributed by atoms with E-state index in [1.807, 2.05) is 24.5 Å². The van der Waals surface area contributed by atoms with Crippen LogP contribution in [0.3, 0.4) is 0 Å². The zero-order chi connectivity index (χ0) is 37.5. The van der Waals surface area contributed by atoms with Crippen molar-refractivity contribution in [2.24, 2.45) is 0 Å². The summed E-state index contributed by atoms with van der Waals surface area (Å²) in [6.45, 7) is 14.7. The molecular weight excluding hydrogens is 665 g/mol. The monoisotopic (exact) mass is 715 g/mol. The van der Waals surface area contributed by atoms with Gasteiger partial charge in [0.25, 0.3) is 10.1 Å². The number of rotatable bonds is 15. The first kappa shape index (κ1) is 38.1. The topological polar surface area (TPSA) is 132 Å². The smallest absolute Gasteiger partial charge is 0.294 e. The van der Waals surface area contributed by atoms with Crippen molar-refractivity contribution in [3.8, 4) is 0 Å². The van der Waals surface area contributed by atoms with E-state index < -0.39 is 20.9 Å². The fourth-order valence-corrected chi connectivity index (χ4v) is 8.14. The van der Waals surface area contributed by atoms with Gasteiger partial charge in [-0.05, 0) is 90.1 Å². The van der Waals surface area contributed by atoms with Gasteiger partial charge in [0.1, 0.15) is 23.9 Å². The van der Waals surface area contributed by atoms with Crippen molar-refractivity contribution in [1.29, 1.82) is 0 Å². The maximum absolute atomic E-state index is 13.9. The van der Waals surface area contributed by atoms with Crippen LogP contribution in [0.4, 0.5) is 11.4 Å². The Labute approximate surface area is 302 Å². The van der Waals surface area contributed by atoms with Crippen LogP contribution in [0.1, 0.15) is 110 Å². The molecule has 0 saturated heterocycles. The minimum atomic E-state index is -4.44. The van der Waals surface area contributed by atoms with E-state index in [4.69, 9.17) is 0 Å². The second-order valence-electron chi connectivity index (χ2n) is 15.3. The molecule has 2 aromatic rings. The number of ketones is 3.